The number of pyridine rings is 2. The molecule has 2 aromatic heterocycles. The van der Waals surface area contributed by atoms with Gasteiger partial charge in [0.25, 0.3) is 5.91 Å². The zero-order chi connectivity index (χ0) is 18.0. The van der Waals surface area contributed by atoms with Crippen LogP contribution in [-0.2, 0) is 0 Å². The van der Waals surface area contributed by atoms with Crippen molar-refractivity contribution in [3.05, 3.63) is 69.1 Å². The van der Waals surface area contributed by atoms with Gasteiger partial charge in [-0.1, -0.05) is 22.0 Å². The highest BCUT2D eigenvalue weighted by Gasteiger charge is 2.17. The SMILES string of the molecule is CC(C)NNC(=O)c1cn(-c2cccc(Br)c2)c2ncccc2c1=O. The van der Waals surface area contributed by atoms with Gasteiger partial charge in [0.2, 0.25) is 5.43 Å². The second kappa shape index (κ2) is 7.16. The average molecular weight is 401 g/mol. The molecule has 6 nitrogen and oxygen atoms in total. The minimum Gasteiger partial charge on any atom is -0.300 e. The van der Waals surface area contributed by atoms with Crippen LogP contribution >= 0.6 is 15.9 Å². The quantitative estimate of drug-likeness (QED) is 0.660. The third-order valence-corrected chi connectivity index (χ3v) is 4.06. The Balaban J connectivity index is 2.21. The number of hydrogen-bond donors (Lipinski definition) is 2. The van der Waals surface area contributed by atoms with Gasteiger partial charge in [-0.3, -0.25) is 15.0 Å². The van der Waals surface area contributed by atoms with Gasteiger partial charge in [-0.05, 0) is 44.2 Å². The van der Waals surface area contributed by atoms with E-state index in [1.165, 1.54) is 6.20 Å². The summed E-state index contributed by atoms with van der Waals surface area (Å²) in [6.45, 7) is 3.79. The van der Waals surface area contributed by atoms with E-state index in [1.807, 2.05) is 38.1 Å². The van der Waals surface area contributed by atoms with Crippen LogP contribution in [0.5, 0.6) is 0 Å². The summed E-state index contributed by atoms with van der Waals surface area (Å²) in [6.07, 6.45) is 3.15. The van der Waals surface area contributed by atoms with Crippen molar-refractivity contribution in [1.29, 1.82) is 0 Å². The minimum absolute atomic E-state index is 0.0497. The second-order valence-electron chi connectivity index (χ2n) is 5.85. The van der Waals surface area contributed by atoms with Crippen LogP contribution in [0.2, 0.25) is 0 Å². The molecular formula is C18H17BrN4O2. The highest BCUT2D eigenvalue weighted by molar-refractivity contribution is 9.10. The van der Waals surface area contributed by atoms with Crippen LogP contribution in [0.25, 0.3) is 16.7 Å². The summed E-state index contributed by atoms with van der Waals surface area (Å²) in [5.74, 6) is -0.479. The highest BCUT2D eigenvalue weighted by atomic mass is 79.9. The maximum absolute atomic E-state index is 12.7. The first-order valence-electron chi connectivity index (χ1n) is 7.79. The van der Waals surface area contributed by atoms with Gasteiger partial charge in [0.15, 0.2) is 0 Å². The van der Waals surface area contributed by atoms with E-state index in [0.717, 1.165) is 10.2 Å². The number of nitrogens with zero attached hydrogens (tertiary/aromatic N) is 2. The van der Waals surface area contributed by atoms with E-state index in [-0.39, 0.29) is 17.0 Å². The number of hydrogen-bond acceptors (Lipinski definition) is 4. The first-order valence-corrected chi connectivity index (χ1v) is 8.59. The fourth-order valence-electron chi connectivity index (χ4n) is 2.42. The molecule has 0 saturated heterocycles. The molecule has 3 rings (SSSR count). The van der Waals surface area contributed by atoms with Crippen LogP contribution in [0.1, 0.15) is 24.2 Å². The van der Waals surface area contributed by atoms with Gasteiger partial charge in [0.05, 0.1) is 5.39 Å². The molecule has 7 heteroatoms. The third-order valence-electron chi connectivity index (χ3n) is 3.57. The van der Waals surface area contributed by atoms with Gasteiger partial charge in [0.1, 0.15) is 11.2 Å². The summed E-state index contributed by atoms with van der Waals surface area (Å²) in [6, 6.07) is 11.0. The number of benzene rings is 1. The smallest absolute Gasteiger partial charge is 0.270 e. The lowest BCUT2D eigenvalue weighted by atomic mass is 10.1. The van der Waals surface area contributed by atoms with Gasteiger partial charge in [0, 0.05) is 28.6 Å². The first kappa shape index (κ1) is 17.3. The van der Waals surface area contributed by atoms with E-state index in [4.69, 9.17) is 0 Å². The number of hydrazine groups is 1. The van der Waals surface area contributed by atoms with Gasteiger partial charge >= 0.3 is 0 Å². The normalized spacial score (nSPS) is 11.0. The first-order chi connectivity index (χ1) is 12.0. The Morgan fingerprint density at radius 3 is 2.76 bits per heavy atom. The van der Waals surface area contributed by atoms with E-state index >= 15 is 0 Å². The van der Waals surface area contributed by atoms with Gasteiger partial charge in [-0.15, -0.1) is 0 Å². The molecule has 3 aromatic rings. The molecule has 1 aromatic carbocycles. The molecule has 0 atom stereocenters. The van der Waals surface area contributed by atoms with Crippen molar-refractivity contribution in [3.8, 4) is 5.69 Å². The zero-order valence-electron chi connectivity index (χ0n) is 13.8. The Kier molecular flexibility index (Phi) is 4.96. The molecule has 0 radical (unpaired) electrons. The van der Waals surface area contributed by atoms with Crippen molar-refractivity contribution >= 4 is 32.9 Å². The Hall–Kier alpha value is -2.51. The zero-order valence-corrected chi connectivity index (χ0v) is 15.4. The van der Waals surface area contributed by atoms with E-state index in [2.05, 4.69) is 31.8 Å². The molecule has 0 unspecified atom stereocenters. The van der Waals surface area contributed by atoms with Crippen LogP contribution < -0.4 is 16.3 Å². The molecule has 0 aliphatic carbocycles. The highest BCUT2D eigenvalue weighted by Crippen LogP contribution is 2.19. The van der Waals surface area contributed by atoms with Crippen LogP contribution in [0, 0.1) is 0 Å². The fraction of sp³-hybridized carbons (Fsp3) is 0.167. The lowest BCUT2D eigenvalue weighted by molar-refractivity contribution is 0.0926. The Morgan fingerprint density at radius 1 is 1.24 bits per heavy atom. The van der Waals surface area contributed by atoms with E-state index < -0.39 is 5.91 Å². The summed E-state index contributed by atoms with van der Waals surface area (Å²) in [5.41, 5.74) is 6.37. The topological polar surface area (TPSA) is 76.0 Å². The van der Waals surface area contributed by atoms with Gasteiger partial charge in [-0.25, -0.2) is 10.4 Å². The molecule has 0 saturated carbocycles. The predicted octanol–water partition coefficient (Wildman–Crippen LogP) is 2.79. The second-order valence-corrected chi connectivity index (χ2v) is 6.77. The molecule has 0 aliphatic rings. The van der Waals surface area contributed by atoms with Crippen molar-refractivity contribution in [2.24, 2.45) is 0 Å². The number of carbonyl (C=O) groups excluding carboxylic acids is 1. The van der Waals surface area contributed by atoms with E-state index in [9.17, 15) is 9.59 Å². The lowest BCUT2D eigenvalue weighted by Gasteiger charge is -2.14. The van der Waals surface area contributed by atoms with E-state index in [0.29, 0.717) is 11.0 Å². The van der Waals surface area contributed by atoms with Crippen molar-refractivity contribution in [3.63, 3.8) is 0 Å². The molecule has 0 spiro atoms. The van der Waals surface area contributed by atoms with Crippen molar-refractivity contribution in [1.82, 2.24) is 20.4 Å². The maximum Gasteiger partial charge on any atom is 0.270 e. The molecule has 128 valence electrons. The number of rotatable bonds is 4. The monoisotopic (exact) mass is 400 g/mol. The van der Waals surface area contributed by atoms with E-state index in [1.54, 1.807) is 22.9 Å². The number of halogens is 1. The molecule has 0 aliphatic heterocycles. The lowest BCUT2D eigenvalue weighted by Crippen LogP contribution is -2.43. The molecule has 1 amide bonds. The minimum atomic E-state index is -0.479. The summed E-state index contributed by atoms with van der Waals surface area (Å²) in [5, 5.41) is 0.389. The number of aromatic nitrogens is 2. The molecule has 2 N–H and O–H groups in total. The average Bonchev–Trinajstić information content (AvgIpc) is 2.60. The summed E-state index contributed by atoms with van der Waals surface area (Å²) in [7, 11) is 0. The van der Waals surface area contributed by atoms with Gasteiger partial charge in [-0.2, -0.15) is 0 Å². The number of fused-ring (bicyclic) bond motifs is 1. The molecule has 0 bridgehead atoms. The van der Waals surface area contributed by atoms with Crippen LogP contribution in [-0.4, -0.2) is 21.5 Å². The summed E-state index contributed by atoms with van der Waals surface area (Å²) >= 11 is 3.44. The molecule has 0 fully saturated rings. The van der Waals surface area contributed by atoms with Crippen LogP contribution in [0.4, 0.5) is 0 Å². The van der Waals surface area contributed by atoms with Crippen LogP contribution in [0.3, 0.4) is 0 Å². The maximum atomic E-state index is 12.7. The molecule has 25 heavy (non-hydrogen) atoms. The predicted molar refractivity (Wildman–Crippen MR) is 101 cm³/mol. The number of carbonyl (C=O) groups is 1. The standard InChI is InChI=1S/C18H17BrN4O2/c1-11(2)21-22-18(25)15-10-23(13-6-3-5-12(19)9-13)17-14(16(15)24)7-4-8-20-17/h3-11,21H,1-2H3,(H,22,25). The Bertz CT molecular complexity index is 998. The third kappa shape index (κ3) is 3.62. The van der Waals surface area contributed by atoms with Gasteiger partial charge < -0.3 is 4.57 Å². The van der Waals surface area contributed by atoms with Crippen molar-refractivity contribution < 1.29 is 4.79 Å². The summed E-state index contributed by atoms with van der Waals surface area (Å²) in [4.78, 5) is 29.5. The molecular weight excluding hydrogens is 384 g/mol. The number of amides is 1. The largest absolute Gasteiger partial charge is 0.300 e. The Morgan fingerprint density at radius 2 is 2.04 bits per heavy atom. The summed E-state index contributed by atoms with van der Waals surface area (Å²) < 4.78 is 2.63. The Labute approximate surface area is 153 Å². The number of nitrogens with one attached hydrogen (secondary N) is 2. The van der Waals surface area contributed by atoms with Crippen LogP contribution in [0.15, 0.2) is 58.1 Å². The molecule has 2 heterocycles. The van der Waals surface area contributed by atoms with Crippen molar-refractivity contribution in [2.75, 3.05) is 0 Å². The van der Waals surface area contributed by atoms with Crippen molar-refractivity contribution in [2.45, 2.75) is 19.9 Å². The fourth-order valence-corrected chi connectivity index (χ4v) is 2.81.